The lowest BCUT2D eigenvalue weighted by molar-refractivity contribution is 0.122. The van der Waals surface area contributed by atoms with E-state index in [0.29, 0.717) is 57.7 Å². The SMILES string of the molecule is CCn1cc(S(=O)(=O)N2CCN(c3ccnc(N4CCOCC4)n3)CC2)nc1C. The molecule has 0 aromatic carbocycles. The maximum Gasteiger partial charge on any atom is 0.262 e. The second kappa shape index (κ2) is 8.25. The Labute approximate surface area is 171 Å². The van der Waals surface area contributed by atoms with Crippen molar-refractivity contribution in [3.8, 4) is 0 Å². The first-order valence-electron chi connectivity index (χ1n) is 9.93. The van der Waals surface area contributed by atoms with Gasteiger partial charge >= 0.3 is 0 Å². The van der Waals surface area contributed by atoms with Crippen molar-refractivity contribution in [1.29, 1.82) is 0 Å². The molecule has 2 aromatic heterocycles. The number of hydrogen-bond acceptors (Lipinski definition) is 8. The van der Waals surface area contributed by atoms with Gasteiger partial charge in [0.25, 0.3) is 10.0 Å². The third-order valence-electron chi connectivity index (χ3n) is 5.38. The van der Waals surface area contributed by atoms with Crippen LogP contribution >= 0.6 is 0 Å². The second-order valence-corrected chi connectivity index (χ2v) is 9.00. The number of ether oxygens (including phenoxy) is 1. The minimum atomic E-state index is -3.58. The highest BCUT2D eigenvalue weighted by Crippen LogP contribution is 2.21. The number of imidazole rings is 1. The van der Waals surface area contributed by atoms with Gasteiger partial charge < -0.3 is 19.1 Å². The molecule has 2 fully saturated rings. The summed E-state index contributed by atoms with van der Waals surface area (Å²) in [4.78, 5) is 17.5. The zero-order valence-electron chi connectivity index (χ0n) is 16.9. The summed E-state index contributed by atoms with van der Waals surface area (Å²) in [6, 6.07) is 1.88. The summed E-state index contributed by atoms with van der Waals surface area (Å²) in [6.45, 7) is 9.35. The van der Waals surface area contributed by atoms with Gasteiger partial charge in [0.05, 0.1) is 13.2 Å². The maximum atomic E-state index is 13.0. The van der Waals surface area contributed by atoms with Crippen molar-refractivity contribution < 1.29 is 13.2 Å². The summed E-state index contributed by atoms with van der Waals surface area (Å²) in [5.74, 6) is 2.23. The van der Waals surface area contributed by atoms with Gasteiger partial charge in [0.2, 0.25) is 5.95 Å². The van der Waals surface area contributed by atoms with Crippen LogP contribution in [-0.4, -0.2) is 84.7 Å². The zero-order chi connectivity index (χ0) is 20.4. The number of rotatable bonds is 5. The number of sulfonamides is 1. The summed E-state index contributed by atoms with van der Waals surface area (Å²) in [5, 5.41) is 0.127. The molecule has 0 bridgehead atoms. The van der Waals surface area contributed by atoms with E-state index < -0.39 is 10.0 Å². The first-order valence-corrected chi connectivity index (χ1v) is 11.4. The van der Waals surface area contributed by atoms with Crippen LogP contribution in [-0.2, 0) is 21.3 Å². The monoisotopic (exact) mass is 421 g/mol. The summed E-state index contributed by atoms with van der Waals surface area (Å²) in [7, 11) is -3.58. The quantitative estimate of drug-likeness (QED) is 0.682. The molecule has 4 heterocycles. The van der Waals surface area contributed by atoms with Crippen LogP contribution < -0.4 is 9.80 Å². The Hall–Kier alpha value is -2.24. The molecule has 2 aliphatic heterocycles. The van der Waals surface area contributed by atoms with Crippen LogP contribution in [0.3, 0.4) is 0 Å². The zero-order valence-corrected chi connectivity index (χ0v) is 17.7. The topological polar surface area (TPSA) is 96.7 Å². The molecule has 0 saturated carbocycles. The number of aryl methyl sites for hydroxylation is 2. The van der Waals surface area contributed by atoms with Gasteiger partial charge in [-0.2, -0.15) is 9.29 Å². The molecule has 11 heteroatoms. The Morgan fingerprint density at radius 2 is 1.76 bits per heavy atom. The Bertz CT molecular complexity index is 948. The Morgan fingerprint density at radius 3 is 2.41 bits per heavy atom. The van der Waals surface area contributed by atoms with E-state index in [1.54, 1.807) is 12.4 Å². The van der Waals surface area contributed by atoms with Crippen molar-refractivity contribution in [3.63, 3.8) is 0 Å². The van der Waals surface area contributed by atoms with Gasteiger partial charge in [-0.3, -0.25) is 0 Å². The van der Waals surface area contributed by atoms with E-state index in [9.17, 15) is 8.42 Å². The number of aromatic nitrogens is 4. The molecule has 29 heavy (non-hydrogen) atoms. The smallest absolute Gasteiger partial charge is 0.262 e. The number of piperazine rings is 1. The van der Waals surface area contributed by atoms with Crippen molar-refractivity contribution in [3.05, 3.63) is 24.3 Å². The Balaban J connectivity index is 1.44. The standard InChI is InChI=1S/C18H27N7O3S/c1-3-22-14-17(20-15(22)2)29(26,27)25-8-6-23(7-9-25)16-4-5-19-18(21-16)24-10-12-28-13-11-24/h4-5,14H,3,6-13H2,1-2H3. The van der Waals surface area contributed by atoms with Gasteiger partial charge in [-0.1, -0.05) is 0 Å². The first kappa shape index (κ1) is 20.0. The highest BCUT2D eigenvalue weighted by molar-refractivity contribution is 7.89. The van der Waals surface area contributed by atoms with Gasteiger partial charge in [0.15, 0.2) is 5.03 Å². The molecule has 10 nitrogen and oxygen atoms in total. The van der Waals surface area contributed by atoms with Crippen LogP contribution in [0.5, 0.6) is 0 Å². The van der Waals surface area contributed by atoms with Crippen LogP contribution in [0, 0.1) is 6.92 Å². The summed E-state index contributed by atoms with van der Waals surface area (Å²) in [5.41, 5.74) is 0. The molecule has 0 N–H and O–H groups in total. The van der Waals surface area contributed by atoms with Crippen molar-refractivity contribution >= 4 is 21.8 Å². The molecule has 0 atom stereocenters. The van der Waals surface area contributed by atoms with Crippen LogP contribution in [0.1, 0.15) is 12.7 Å². The fourth-order valence-corrected chi connectivity index (χ4v) is 5.06. The van der Waals surface area contributed by atoms with Crippen LogP contribution in [0.25, 0.3) is 0 Å². The predicted octanol–water partition coefficient (Wildman–Crippen LogP) is 0.349. The van der Waals surface area contributed by atoms with Crippen LogP contribution in [0.4, 0.5) is 11.8 Å². The molecule has 2 aromatic rings. The number of morpholine rings is 1. The molecular formula is C18H27N7O3S. The second-order valence-electron chi connectivity index (χ2n) is 7.12. The molecule has 0 spiro atoms. The lowest BCUT2D eigenvalue weighted by Crippen LogP contribution is -2.49. The van der Waals surface area contributed by atoms with Gasteiger partial charge in [-0.05, 0) is 19.9 Å². The van der Waals surface area contributed by atoms with Crippen LogP contribution in [0.2, 0.25) is 0 Å². The van der Waals surface area contributed by atoms with Crippen molar-refractivity contribution in [2.45, 2.75) is 25.4 Å². The minimum absolute atomic E-state index is 0.127. The van der Waals surface area contributed by atoms with E-state index in [1.165, 1.54) is 4.31 Å². The maximum absolute atomic E-state index is 13.0. The molecule has 0 unspecified atom stereocenters. The van der Waals surface area contributed by atoms with Crippen molar-refractivity contribution in [2.75, 3.05) is 62.3 Å². The lowest BCUT2D eigenvalue weighted by Gasteiger charge is -2.34. The molecule has 0 aliphatic carbocycles. The third-order valence-corrected chi connectivity index (χ3v) is 7.15. The van der Waals surface area contributed by atoms with E-state index in [1.807, 2.05) is 24.5 Å². The average molecular weight is 422 g/mol. The van der Waals surface area contributed by atoms with Gasteiger partial charge in [0.1, 0.15) is 11.6 Å². The molecular weight excluding hydrogens is 394 g/mol. The summed E-state index contributed by atoms with van der Waals surface area (Å²) in [6.07, 6.45) is 3.38. The fraction of sp³-hybridized carbons (Fsp3) is 0.611. The summed E-state index contributed by atoms with van der Waals surface area (Å²) >= 11 is 0. The number of nitrogens with zero attached hydrogens (tertiary/aromatic N) is 7. The molecule has 2 saturated heterocycles. The Kier molecular flexibility index (Phi) is 5.70. The highest BCUT2D eigenvalue weighted by Gasteiger charge is 2.31. The normalized spacial score (nSPS) is 19.0. The lowest BCUT2D eigenvalue weighted by atomic mass is 10.3. The van der Waals surface area contributed by atoms with Gasteiger partial charge in [-0.15, -0.1) is 0 Å². The van der Waals surface area contributed by atoms with E-state index in [2.05, 4.69) is 19.8 Å². The van der Waals surface area contributed by atoms with Gasteiger partial charge in [0, 0.05) is 58.2 Å². The number of anilines is 2. The fourth-order valence-electron chi connectivity index (χ4n) is 3.64. The largest absolute Gasteiger partial charge is 0.378 e. The third kappa shape index (κ3) is 4.07. The van der Waals surface area contributed by atoms with E-state index in [-0.39, 0.29) is 5.03 Å². The minimum Gasteiger partial charge on any atom is -0.378 e. The Morgan fingerprint density at radius 1 is 1.03 bits per heavy atom. The molecule has 158 valence electrons. The predicted molar refractivity (Wildman–Crippen MR) is 109 cm³/mol. The van der Waals surface area contributed by atoms with Crippen LogP contribution in [0.15, 0.2) is 23.5 Å². The van der Waals surface area contributed by atoms with Crippen molar-refractivity contribution in [1.82, 2.24) is 23.8 Å². The molecule has 0 radical (unpaired) electrons. The highest BCUT2D eigenvalue weighted by atomic mass is 32.2. The molecule has 2 aliphatic rings. The number of hydrogen-bond donors (Lipinski definition) is 0. The molecule has 4 rings (SSSR count). The van der Waals surface area contributed by atoms with Gasteiger partial charge in [-0.25, -0.2) is 18.4 Å². The average Bonchev–Trinajstić information content (AvgIpc) is 3.16. The van der Waals surface area contributed by atoms with E-state index >= 15 is 0 Å². The van der Waals surface area contributed by atoms with E-state index in [0.717, 1.165) is 18.9 Å². The van der Waals surface area contributed by atoms with E-state index in [4.69, 9.17) is 9.72 Å². The summed E-state index contributed by atoms with van der Waals surface area (Å²) < 4.78 is 34.7. The first-order chi connectivity index (χ1) is 14.0. The molecule has 0 amide bonds. The van der Waals surface area contributed by atoms with Crippen molar-refractivity contribution in [2.24, 2.45) is 0 Å².